The fraction of sp³-hybridized carbons (Fsp3) is 0.245. The number of ether oxygens (including phenoxy) is 7. The molecule has 6 aromatic rings. The van der Waals surface area contributed by atoms with Crippen LogP contribution >= 0.6 is 0 Å². The zero-order chi connectivity index (χ0) is 55.4. The predicted molar refractivity (Wildman–Crippen MR) is 264 cm³/mol. The first-order valence-corrected chi connectivity index (χ1v) is 23.4. The van der Waals surface area contributed by atoms with Crippen LogP contribution in [0.3, 0.4) is 0 Å². The normalized spacial score (nSPS) is 20.4. The van der Waals surface area contributed by atoms with Gasteiger partial charge in [-0.1, -0.05) is 25.1 Å². The third-order valence-corrected chi connectivity index (χ3v) is 13.1. The molecule has 2 aliphatic rings. The second-order valence-electron chi connectivity index (χ2n) is 18.0. The van der Waals surface area contributed by atoms with Gasteiger partial charge in [0, 0.05) is 54.1 Å². The zero-order valence-corrected chi connectivity index (χ0v) is 40.9. The van der Waals surface area contributed by atoms with E-state index in [0.717, 1.165) is 115 Å². The average Bonchev–Trinajstić information content (AvgIpc) is 3.53. The number of aryl methyl sites for hydroxylation is 1. The van der Waals surface area contributed by atoms with Gasteiger partial charge in [-0.2, -0.15) is 0 Å². The molecule has 24 heteroatoms. The Hall–Kier alpha value is -9.68. The average molecular weight is 1060 g/mol. The van der Waals surface area contributed by atoms with Crippen LogP contribution in [0.1, 0.15) is 84.5 Å². The van der Waals surface area contributed by atoms with Crippen molar-refractivity contribution in [1.82, 2.24) is 0 Å². The molecule has 1 saturated heterocycles. The molecule has 0 bridgehead atoms. The first kappa shape index (κ1) is 53.6. The van der Waals surface area contributed by atoms with E-state index < -0.39 is 96.4 Å². The van der Waals surface area contributed by atoms with Gasteiger partial charge in [0.05, 0.1) is 41.9 Å². The molecule has 1 N–H and O–H groups in total. The largest absolute Gasteiger partial charge is 0.486 e. The number of carbonyl (C=O) groups is 4. The SMILES string of the molecule is CCc1ccc([C@]2(O)O[C@](C)(COC(=O)c3ccc([N+](=O)[O-])cc3)[C@](C)(OC(=O)c3ccc([N+](=O)[O-])cc3)[C@H](OC(=O)c3ccc([N+](=O)[O-])cc3)[C@H]2OC(=O)c2ccc([N+](=O)[O-])cc2)cc1Cc1ccc2c(c1)OCCO2. The second-order valence-corrected chi connectivity index (χ2v) is 18.0. The first-order chi connectivity index (χ1) is 36.6. The minimum absolute atomic E-state index is 0.184. The highest BCUT2D eigenvalue weighted by atomic mass is 16.7. The van der Waals surface area contributed by atoms with Crippen molar-refractivity contribution in [2.24, 2.45) is 0 Å². The lowest BCUT2D eigenvalue weighted by atomic mass is 9.72. The van der Waals surface area contributed by atoms with E-state index in [9.17, 15) is 64.7 Å². The summed E-state index contributed by atoms with van der Waals surface area (Å²) in [5, 5.41) is 59.9. The number of esters is 4. The molecule has 8 rings (SSSR count). The molecular formula is C53H44N4O20. The van der Waals surface area contributed by atoms with E-state index in [4.69, 9.17) is 33.2 Å². The molecule has 2 heterocycles. The van der Waals surface area contributed by atoms with Crippen LogP contribution < -0.4 is 9.47 Å². The zero-order valence-electron chi connectivity index (χ0n) is 40.9. The summed E-state index contributed by atoms with van der Waals surface area (Å²) in [6.45, 7) is 3.82. The number of hydrogen-bond acceptors (Lipinski definition) is 20. The van der Waals surface area contributed by atoms with E-state index in [1.54, 1.807) is 24.3 Å². The highest BCUT2D eigenvalue weighted by Gasteiger charge is 2.71. The summed E-state index contributed by atoms with van der Waals surface area (Å²) in [7, 11) is 0. The Labute approximate surface area is 435 Å². The van der Waals surface area contributed by atoms with Crippen molar-refractivity contribution in [3.05, 3.63) is 218 Å². The topological polar surface area (TPSA) is 326 Å². The Morgan fingerprint density at radius 2 is 1.00 bits per heavy atom. The standard InChI is InChI=1S/C53H44N4O20/c1-4-32-6-15-38(29-37(32)27-31-5-24-43-44(28-31)72-26-25-71-43)53(62)46(75-49(60)35-11-20-41(21-12-35)56(67)68)45(74-48(59)34-9-18-40(19-10-34)55(65)66)52(3,76-50(61)36-13-22-42(23-14-36)57(69)70)51(2,77-53)30-73-47(58)33-7-16-39(17-8-33)54(63)64/h5-24,28-29,45-46,62H,4,25-27,30H2,1-3H3/t45-,46-,51-,52-,53+/m1/s1. The van der Waals surface area contributed by atoms with Crippen LogP contribution in [0.4, 0.5) is 22.7 Å². The highest BCUT2D eigenvalue weighted by molar-refractivity contribution is 5.92. The first-order valence-electron chi connectivity index (χ1n) is 23.4. The lowest BCUT2D eigenvalue weighted by molar-refractivity contribution is -0.404. The summed E-state index contributed by atoms with van der Waals surface area (Å²) < 4.78 is 42.7. The number of rotatable bonds is 17. The second kappa shape index (κ2) is 21.7. The van der Waals surface area contributed by atoms with Crippen LogP contribution in [0, 0.1) is 40.5 Å². The fourth-order valence-electron chi connectivity index (χ4n) is 8.73. The van der Waals surface area contributed by atoms with Gasteiger partial charge in [-0.25, -0.2) is 19.2 Å². The minimum atomic E-state index is -3.07. The molecule has 0 radical (unpaired) electrons. The number of aliphatic hydroxyl groups is 1. The third kappa shape index (κ3) is 11.1. The van der Waals surface area contributed by atoms with Crippen molar-refractivity contribution in [3.8, 4) is 11.5 Å². The number of fused-ring (bicyclic) bond motifs is 1. The van der Waals surface area contributed by atoms with Crippen LogP contribution in [0.25, 0.3) is 0 Å². The van der Waals surface area contributed by atoms with Crippen LogP contribution in [-0.2, 0) is 42.3 Å². The fourth-order valence-corrected chi connectivity index (χ4v) is 8.73. The van der Waals surface area contributed by atoms with Crippen molar-refractivity contribution in [2.45, 2.75) is 62.8 Å². The molecule has 6 aromatic carbocycles. The maximum absolute atomic E-state index is 14.6. The van der Waals surface area contributed by atoms with Crippen LogP contribution in [0.5, 0.6) is 11.5 Å². The Bertz CT molecular complexity index is 3320. The van der Waals surface area contributed by atoms with Crippen molar-refractivity contribution >= 4 is 46.6 Å². The molecule has 77 heavy (non-hydrogen) atoms. The number of nitro benzene ring substituents is 4. The molecule has 0 spiro atoms. The van der Waals surface area contributed by atoms with Crippen molar-refractivity contribution < 1.29 is 77.1 Å². The predicted octanol–water partition coefficient (Wildman–Crippen LogP) is 8.10. The Balaban J connectivity index is 1.33. The summed E-state index contributed by atoms with van der Waals surface area (Å²) >= 11 is 0. The van der Waals surface area contributed by atoms with Gasteiger partial charge in [-0.05, 0) is 110 Å². The molecular weight excluding hydrogens is 1010 g/mol. The van der Waals surface area contributed by atoms with Crippen molar-refractivity contribution in [3.63, 3.8) is 0 Å². The molecule has 1 fully saturated rings. The van der Waals surface area contributed by atoms with Crippen molar-refractivity contribution in [2.75, 3.05) is 19.8 Å². The highest BCUT2D eigenvalue weighted by Crippen LogP contribution is 2.52. The molecule has 0 amide bonds. The molecule has 396 valence electrons. The number of hydrogen-bond donors (Lipinski definition) is 1. The number of nitrogens with zero attached hydrogens (tertiary/aromatic N) is 4. The number of nitro groups is 4. The van der Waals surface area contributed by atoms with Gasteiger partial charge < -0.3 is 38.3 Å². The Morgan fingerprint density at radius 3 is 1.47 bits per heavy atom. The van der Waals surface area contributed by atoms with Gasteiger partial charge in [0.15, 0.2) is 23.2 Å². The molecule has 0 unspecified atom stereocenters. The van der Waals surface area contributed by atoms with Gasteiger partial charge in [0.25, 0.3) is 22.7 Å². The number of benzene rings is 6. The van der Waals surface area contributed by atoms with Gasteiger partial charge in [0.1, 0.15) is 25.4 Å². The molecule has 0 aliphatic carbocycles. The van der Waals surface area contributed by atoms with E-state index in [0.29, 0.717) is 36.7 Å². The van der Waals surface area contributed by atoms with Gasteiger partial charge in [-0.15, -0.1) is 0 Å². The van der Waals surface area contributed by atoms with Crippen molar-refractivity contribution in [1.29, 1.82) is 0 Å². The quantitative estimate of drug-likeness (QED) is 0.0390. The van der Waals surface area contributed by atoms with E-state index in [2.05, 4.69) is 0 Å². The summed E-state index contributed by atoms with van der Waals surface area (Å²) in [4.78, 5) is 101. The number of non-ortho nitro benzene ring substituents is 4. The Kier molecular flexibility index (Phi) is 15.1. The lowest BCUT2D eigenvalue weighted by Crippen LogP contribution is -2.77. The summed E-state index contributed by atoms with van der Waals surface area (Å²) in [6.07, 6.45) is -4.04. The Morgan fingerprint density at radius 1 is 0.558 bits per heavy atom. The number of carbonyl (C=O) groups excluding carboxylic acids is 4. The monoisotopic (exact) mass is 1060 g/mol. The molecule has 0 saturated carbocycles. The summed E-state index contributed by atoms with van der Waals surface area (Å²) in [5.41, 5.74) is -6.13. The van der Waals surface area contributed by atoms with E-state index in [-0.39, 0.29) is 39.9 Å². The summed E-state index contributed by atoms with van der Waals surface area (Å²) in [5.74, 6) is -7.09. The minimum Gasteiger partial charge on any atom is -0.486 e. The van der Waals surface area contributed by atoms with E-state index in [1.807, 2.05) is 6.92 Å². The lowest BCUT2D eigenvalue weighted by Gasteiger charge is -2.58. The molecule has 2 aliphatic heterocycles. The molecule has 5 atom stereocenters. The van der Waals surface area contributed by atoms with E-state index in [1.165, 1.54) is 19.1 Å². The van der Waals surface area contributed by atoms with Crippen LogP contribution in [-0.4, -0.2) is 91.9 Å². The van der Waals surface area contributed by atoms with E-state index >= 15 is 0 Å². The van der Waals surface area contributed by atoms with Gasteiger partial charge >= 0.3 is 23.9 Å². The molecule has 24 nitrogen and oxygen atoms in total. The van der Waals surface area contributed by atoms with Gasteiger partial charge in [0.2, 0.25) is 11.9 Å². The van der Waals surface area contributed by atoms with Gasteiger partial charge in [-0.3, -0.25) is 40.5 Å². The van der Waals surface area contributed by atoms with Crippen LogP contribution in [0.15, 0.2) is 133 Å². The summed E-state index contributed by atoms with van der Waals surface area (Å²) in [6, 6.07) is 26.3. The van der Waals surface area contributed by atoms with Crippen LogP contribution in [0.2, 0.25) is 0 Å². The molecule has 0 aromatic heterocycles. The maximum atomic E-state index is 14.6. The smallest absolute Gasteiger partial charge is 0.338 e. The maximum Gasteiger partial charge on any atom is 0.338 e. The third-order valence-electron chi connectivity index (χ3n) is 13.1.